The summed E-state index contributed by atoms with van der Waals surface area (Å²) < 4.78 is 1.46. The summed E-state index contributed by atoms with van der Waals surface area (Å²) in [4.78, 5) is 14.2. The van der Waals surface area contributed by atoms with Crippen LogP contribution in [-0.4, -0.2) is 36.0 Å². The predicted molar refractivity (Wildman–Crippen MR) is 73.5 cm³/mol. The van der Waals surface area contributed by atoms with Crippen LogP contribution in [0.2, 0.25) is 5.02 Å². The van der Waals surface area contributed by atoms with Gasteiger partial charge in [-0.1, -0.05) is 24.9 Å². The highest BCUT2D eigenvalue weighted by molar-refractivity contribution is 6.33. The van der Waals surface area contributed by atoms with Crippen LogP contribution in [0.1, 0.15) is 19.8 Å². The molecule has 1 aromatic rings. The summed E-state index contributed by atoms with van der Waals surface area (Å²) in [5.74, 6) is 0. The Hall–Kier alpha value is -1.07. The molecule has 0 aromatic carbocycles. The molecule has 18 heavy (non-hydrogen) atoms. The van der Waals surface area contributed by atoms with Crippen molar-refractivity contribution in [3.63, 3.8) is 0 Å². The first kappa shape index (κ1) is 13.4. The monoisotopic (exact) mass is 270 g/mol. The number of aromatic nitrogens is 2. The van der Waals surface area contributed by atoms with E-state index in [2.05, 4.69) is 22.2 Å². The molecule has 2 heterocycles. The van der Waals surface area contributed by atoms with Crippen molar-refractivity contribution in [3.8, 4) is 0 Å². The van der Waals surface area contributed by atoms with E-state index in [1.165, 1.54) is 4.68 Å². The number of piperazine rings is 1. The summed E-state index contributed by atoms with van der Waals surface area (Å²) in [5, 5.41) is 7.77. The van der Waals surface area contributed by atoms with Gasteiger partial charge in [0.05, 0.1) is 11.9 Å². The molecule has 1 saturated heterocycles. The zero-order valence-electron chi connectivity index (χ0n) is 10.7. The minimum Gasteiger partial charge on any atom is -0.366 e. The lowest BCUT2D eigenvalue weighted by molar-refractivity contribution is 0.538. The molecule has 5 nitrogen and oxygen atoms in total. The molecule has 0 spiro atoms. The van der Waals surface area contributed by atoms with Crippen molar-refractivity contribution >= 4 is 17.3 Å². The van der Waals surface area contributed by atoms with Crippen molar-refractivity contribution in [1.82, 2.24) is 15.1 Å². The molecule has 1 aromatic heterocycles. The van der Waals surface area contributed by atoms with Gasteiger partial charge < -0.3 is 10.2 Å². The third-order valence-corrected chi connectivity index (χ3v) is 3.50. The second-order valence-corrected chi connectivity index (χ2v) is 4.84. The van der Waals surface area contributed by atoms with Gasteiger partial charge in [0.15, 0.2) is 0 Å². The first-order valence-corrected chi connectivity index (χ1v) is 6.83. The first-order chi connectivity index (χ1) is 8.74. The molecule has 0 bridgehead atoms. The Kier molecular flexibility index (Phi) is 4.60. The Labute approximate surface area is 112 Å². The van der Waals surface area contributed by atoms with Crippen molar-refractivity contribution in [1.29, 1.82) is 0 Å². The number of nitrogens with zero attached hydrogens (tertiary/aromatic N) is 3. The standard InChI is InChI=1S/C12H19ClN4O/c1-2-3-6-17-12(18)11(13)10(9-15-17)16-7-4-14-5-8-16/h9,14H,2-8H2,1H3. The normalized spacial score (nSPS) is 16.0. The number of hydrogen-bond donors (Lipinski definition) is 1. The van der Waals surface area contributed by atoms with Gasteiger partial charge in [-0.3, -0.25) is 4.79 Å². The van der Waals surface area contributed by atoms with Crippen LogP contribution in [-0.2, 0) is 6.54 Å². The third-order valence-electron chi connectivity index (χ3n) is 3.15. The number of rotatable bonds is 4. The molecule has 100 valence electrons. The summed E-state index contributed by atoms with van der Waals surface area (Å²) >= 11 is 6.18. The number of nitrogens with one attached hydrogen (secondary N) is 1. The minimum atomic E-state index is -0.179. The van der Waals surface area contributed by atoms with Crippen LogP contribution in [0.15, 0.2) is 11.0 Å². The predicted octanol–water partition coefficient (Wildman–Crippen LogP) is 1.11. The smallest absolute Gasteiger partial charge is 0.287 e. The van der Waals surface area contributed by atoms with Gasteiger partial charge in [-0.25, -0.2) is 4.68 Å². The zero-order chi connectivity index (χ0) is 13.0. The van der Waals surface area contributed by atoms with E-state index in [1.54, 1.807) is 6.20 Å². The second kappa shape index (κ2) is 6.20. The lowest BCUT2D eigenvalue weighted by atomic mass is 10.3. The second-order valence-electron chi connectivity index (χ2n) is 4.46. The first-order valence-electron chi connectivity index (χ1n) is 6.45. The third kappa shape index (κ3) is 2.84. The van der Waals surface area contributed by atoms with Crippen molar-refractivity contribution in [3.05, 3.63) is 21.6 Å². The fraction of sp³-hybridized carbons (Fsp3) is 0.667. The Morgan fingerprint density at radius 2 is 2.17 bits per heavy atom. The number of anilines is 1. The van der Waals surface area contributed by atoms with Crippen molar-refractivity contribution in [2.24, 2.45) is 0 Å². The Bertz CT molecular complexity index is 454. The number of aryl methyl sites for hydroxylation is 1. The van der Waals surface area contributed by atoms with E-state index in [1.807, 2.05) is 0 Å². The lowest BCUT2D eigenvalue weighted by Gasteiger charge is -2.29. The van der Waals surface area contributed by atoms with E-state index in [9.17, 15) is 4.79 Å². The van der Waals surface area contributed by atoms with Crippen molar-refractivity contribution < 1.29 is 0 Å². The highest BCUT2D eigenvalue weighted by Gasteiger charge is 2.17. The lowest BCUT2D eigenvalue weighted by Crippen LogP contribution is -2.44. The average Bonchev–Trinajstić information content (AvgIpc) is 2.41. The van der Waals surface area contributed by atoms with Crippen molar-refractivity contribution in [2.45, 2.75) is 26.3 Å². The fourth-order valence-corrected chi connectivity index (χ4v) is 2.32. The number of halogens is 1. The topological polar surface area (TPSA) is 50.2 Å². The van der Waals surface area contributed by atoms with Gasteiger partial charge in [-0.2, -0.15) is 5.10 Å². The van der Waals surface area contributed by atoms with Crippen LogP contribution < -0.4 is 15.8 Å². The Morgan fingerprint density at radius 3 is 2.83 bits per heavy atom. The van der Waals surface area contributed by atoms with Gasteiger partial charge in [0.2, 0.25) is 0 Å². The quantitative estimate of drug-likeness (QED) is 0.890. The molecule has 0 amide bonds. The van der Waals surface area contributed by atoms with E-state index in [0.29, 0.717) is 11.6 Å². The van der Waals surface area contributed by atoms with Gasteiger partial charge in [0.25, 0.3) is 5.56 Å². The molecular formula is C12H19ClN4O. The maximum absolute atomic E-state index is 12.1. The molecule has 0 unspecified atom stereocenters. The fourth-order valence-electron chi connectivity index (χ4n) is 2.05. The largest absolute Gasteiger partial charge is 0.366 e. The molecule has 0 aliphatic carbocycles. The number of hydrogen-bond acceptors (Lipinski definition) is 4. The van der Waals surface area contributed by atoms with E-state index in [0.717, 1.165) is 44.7 Å². The van der Waals surface area contributed by atoms with Crippen LogP contribution in [0.25, 0.3) is 0 Å². The summed E-state index contributed by atoms with van der Waals surface area (Å²) in [6.45, 7) is 6.27. The maximum Gasteiger partial charge on any atom is 0.287 e. The molecule has 1 aliphatic rings. The highest BCUT2D eigenvalue weighted by Crippen LogP contribution is 2.21. The summed E-state index contributed by atoms with van der Waals surface area (Å²) in [7, 11) is 0. The molecule has 2 rings (SSSR count). The van der Waals surface area contributed by atoms with Gasteiger partial charge in [-0.05, 0) is 6.42 Å². The van der Waals surface area contributed by atoms with E-state index >= 15 is 0 Å². The molecule has 1 N–H and O–H groups in total. The zero-order valence-corrected chi connectivity index (χ0v) is 11.4. The molecule has 0 atom stereocenters. The molecular weight excluding hydrogens is 252 g/mol. The minimum absolute atomic E-state index is 0.179. The summed E-state index contributed by atoms with van der Waals surface area (Å²) in [5.41, 5.74) is 0.581. The number of unbranched alkanes of at least 4 members (excludes halogenated alkanes) is 1. The van der Waals surface area contributed by atoms with Gasteiger partial charge in [-0.15, -0.1) is 0 Å². The molecule has 6 heteroatoms. The SMILES string of the molecule is CCCCn1ncc(N2CCNCC2)c(Cl)c1=O. The van der Waals surface area contributed by atoms with Gasteiger partial charge in [0.1, 0.15) is 5.02 Å². The van der Waals surface area contributed by atoms with Crippen LogP contribution >= 0.6 is 11.6 Å². The molecule has 0 radical (unpaired) electrons. The molecule has 1 fully saturated rings. The van der Waals surface area contributed by atoms with E-state index < -0.39 is 0 Å². The van der Waals surface area contributed by atoms with Crippen LogP contribution in [0.4, 0.5) is 5.69 Å². The van der Waals surface area contributed by atoms with Gasteiger partial charge >= 0.3 is 0 Å². The van der Waals surface area contributed by atoms with E-state index in [4.69, 9.17) is 11.6 Å². The Balaban J connectivity index is 2.22. The Morgan fingerprint density at radius 1 is 1.44 bits per heavy atom. The average molecular weight is 271 g/mol. The van der Waals surface area contributed by atoms with Crippen LogP contribution in [0, 0.1) is 0 Å². The maximum atomic E-state index is 12.1. The molecule has 0 saturated carbocycles. The van der Waals surface area contributed by atoms with Gasteiger partial charge in [0, 0.05) is 32.7 Å². The summed E-state index contributed by atoms with van der Waals surface area (Å²) in [6.07, 6.45) is 3.69. The summed E-state index contributed by atoms with van der Waals surface area (Å²) in [6, 6.07) is 0. The highest BCUT2D eigenvalue weighted by atomic mass is 35.5. The van der Waals surface area contributed by atoms with Crippen LogP contribution in [0.5, 0.6) is 0 Å². The van der Waals surface area contributed by atoms with Crippen molar-refractivity contribution in [2.75, 3.05) is 31.1 Å². The van der Waals surface area contributed by atoms with Crippen LogP contribution in [0.3, 0.4) is 0 Å². The molecule has 1 aliphatic heterocycles. The van der Waals surface area contributed by atoms with E-state index in [-0.39, 0.29) is 5.56 Å².